The molecule has 1 aliphatic rings. The molecule has 12 heteroatoms. The molecule has 0 bridgehead atoms. The molecule has 3 aromatic rings. The molecule has 1 unspecified atom stereocenters. The number of para-hydroxylation sites is 1. The summed E-state index contributed by atoms with van der Waals surface area (Å²) < 4.78 is 33.7. The minimum Gasteiger partial charge on any atom is -0.465 e. The van der Waals surface area contributed by atoms with E-state index >= 15 is 0 Å². The summed E-state index contributed by atoms with van der Waals surface area (Å²) in [6, 6.07) is 11.8. The van der Waals surface area contributed by atoms with Gasteiger partial charge in [0.2, 0.25) is 15.9 Å². The number of aromatic nitrogens is 1. The van der Waals surface area contributed by atoms with E-state index < -0.39 is 27.9 Å². The second kappa shape index (κ2) is 11.7. The van der Waals surface area contributed by atoms with Crippen LogP contribution in [0, 0.1) is 11.3 Å². The number of hydrogen-bond acceptors (Lipinski definition) is 6. The molecule has 4 rings (SSSR count). The Kier molecular flexibility index (Phi) is 8.32. The normalized spacial score (nSPS) is 16.7. The number of likely N-dealkylation sites (tertiary alicyclic amines) is 1. The number of ether oxygens (including phenoxy) is 1. The lowest BCUT2D eigenvalue weighted by molar-refractivity contribution is -0.122. The number of hydrogen-bond donors (Lipinski definition) is 5. The number of aromatic amines is 1. The lowest BCUT2D eigenvalue weighted by atomic mass is 9.98. The molecule has 11 nitrogen and oxygen atoms in total. The fourth-order valence-electron chi connectivity index (χ4n) is 4.67. The molecule has 1 aliphatic heterocycles. The van der Waals surface area contributed by atoms with Gasteiger partial charge < -0.3 is 25.7 Å². The van der Waals surface area contributed by atoms with Crippen LogP contribution in [0.5, 0.6) is 0 Å². The summed E-state index contributed by atoms with van der Waals surface area (Å²) in [6.45, 7) is 1.60. The molecule has 1 saturated heterocycles. The minimum absolute atomic E-state index is 0.00390. The number of nitrogens with zero attached hydrogens (tertiary/aromatic N) is 1. The van der Waals surface area contributed by atoms with Gasteiger partial charge in [0.15, 0.2) is 5.96 Å². The average Bonchev–Trinajstić information content (AvgIpc) is 3.33. The topological polar surface area (TPSA) is 170 Å². The molecule has 6 N–H and O–H groups in total. The number of guanidine groups is 1. The van der Waals surface area contributed by atoms with Crippen molar-refractivity contribution in [1.29, 1.82) is 5.41 Å². The zero-order valence-corrected chi connectivity index (χ0v) is 21.9. The van der Waals surface area contributed by atoms with E-state index in [0.717, 1.165) is 29.3 Å². The predicted molar refractivity (Wildman–Crippen MR) is 143 cm³/mol. The molecule has 1 aromatic heterocycles. The maximum absolute atomic E-state index is 13.4. The van der Waals surface area contributed by atoms with E-state index in [1.165, 1.54) is 31.4 Å². The second-order valence-corrected chi connectivity index (χ2v) is 11.1. The summed E-state index contributed by atoms with van der Waals surface area (Å²) in [5, 5.41) is 11.5. The quantitative estimate of drug-likeness (QED) is 0.156. The lowest BCUT2D eigenvalue weighted by Gasteiger charge is -2.33. The smallest absolute Gasteiger partial charge is 0.337 e. The van der Waals surface area contributed by atoms with E-state index in [-0.39, 0.29) is 28.8 Å². The maximum atomic E-state index is 13.4. The number of fused-ring (bicyclic) bond motifs is 1. The van der Waals surface area contributed by atoms with Gasteiger partial charge in [0.25, 0.3) is 0 Å². The largest absolute Gasteiger partial charge is 0.465 e. The highest BCUT2D eigenvalue weighted by Gasteiger charge is 2.28. The maximum Gasteiger partial charge on any atom is 0.337 e. The van der Waals surface area contributed by atoms with Crippen LogP contribution in [0.3, 0.4) is 0 Å². The molecular weight excluding hydrogens is 508 g/mol. The van der Waals surface area contributed by atoms with Crippen LogP contribution >= 0.6 is 0 Å². The molecule has 2 heterocycles. The van der Waals surface area contributed by atoms with Gasteiger partial charge in [-0.25, -0.2) is 13.2 Å². The number of carbonyl (C=O) groups is 2. The van der Waals surface area contributed by atoms with Crippen LogP contribution in [0.25, 0.3) is 10.9 Å². The number of nitrogens with one attached hydrogen (secondary N) is 4. The molecule has 0 spiro atoms. The Morgan fingerprint density at radius 1 is 1.21 bits per heavy atom. The summed E-state index contributed by atoms with van der Waals surface area (Å²) in [4.78, 5) is 29.9. The zero-order valence-electron chi connectivity index (χ0n) is 21.1. The molecule has 2 aromatic carbocycles. The molecule has 0 saturated carbocycles. The fraction of sp³-hybridized carbons (Fsp3) is 0.346. The Morgan fingerprint density at radius 3 is 2.66 bits per heavy atom. The van der Waals surface area contributed by atoms with E-state index in [1.807, 2.05) is 24.3 Å². The summed E-state index contributed by atoms with van der Waals surface area (Å²) in [5.41, 5.74) is 7.52. The van der Waals surface area contributed by atoms with Crippen LogP contribution in [-0.4, -0.2) is 68.9 Å². The SMILES string of the molecule is COC(=O)c1ccc(S(=O)(=O)N[C@H](Cc2c[nH]c3ccccc23)C(=O)NCC2CCCN(C(=N)N)C2)cc1. The first kappa shape index (κ1) is 27.1. The molecular formula is C26H32N6O5S. The summed E-state index contributed by atoms with van der Waals surface area (Å²) in [6.07, 6.45) is 3.62. The molecule has 2 atom stereocenters. The number of rotatable bonds is 9. The van der Waals surface area contributed by atoms with Crippen LogP contribution in [0.4, 0.5) is 0 Å². The van der Waals surface area contributed by atoms with E-state index in [2.05, 4.69) is 19.8 Å². The van der Waals surface area contributed by atoms with Gasteiger partial charge in [-0.2, -0.15) is 4.72 Å². The Labute approximate surface area is 221 Å². The highest BCUT2D eigenvalue weighted by atomic mass is 32.2. The Bertz CT molecular complexity index is 1420. The van der Waals surface area contributed by atoms with Crippen LogP contribution in [-0.2, 0) is 26.0 Å². The first-order valence-electron chi connectivity index (χ1n) is 12.3. The Morgan fingerprint density at radius 2 is 1.95 bits per heavy atom. The van der Waals surface area contributed by atoms with Crippen molar-refractivity contribution in [2.75, 3.05) is 26.7 Å². The number of methoxy groups -OCH3 is 1. The fourth-order valence-corrected chi connectivity index (χ4v) is 5.87. The van der Waals surface area contributed by atoms with Crippen LogP contribution in [0.1, 0.15) is 28.8 Å². The number of H-pyrrole nitrogens is 1. The number of sulfonamides is 1. The van der Waals surface area contributed by atoms with Crippen molar-refractivity contribution in [3.8, 4) is 0 Å². The zero-order chi connectivity index (χ0) is 27.3. The molecule has 1 fully saturated rings. The monoisotopic (exact) mass is 540 g/mol. The second-order valence-electron chi connectivity index (χ2n) is 9.34. The first-order chi connectivity index (χ1) is 18.2. The van der Waals surface area contributed by atoms with E-state index in [0.29, 0.717) is 19.6 Å². The molecule has 0 aliphatic carbocycles. The Hall–Kier alpha value is -3.90. The molecule has 1 amide bonds. The molecule has 0 radical (unpaired) electrons. The third-order valence-electron chi connectivity index (χ3n) is 6.72. The van der Waals surface area contributed by atoms with Gasteiger partial charge in [-0.15, -0.1) is 0 Å². The van der Waals surface area contributed by atoms with Gasteiger partial charge >= 0.3 is 5.97 Å². The number of nitrogens with two attached hydrogens (primary N) is 1. The summed E-state index contributed by atoms with van der Waals surface area (Å²) >= 11 is 0. The number of esters is 1. The summed E-state index contributed by atoms with van der Waals surface area (Å²) in [5.74, 6) is -0.938. The van der Waals surface area contributed by atoms with Crippen molar-refractivity contribution in [3.63, 3.8) is 0 Å². The van der Waals surface area contributed by atoms with Gasteiger partial charge in [-0.1, -0.05) is 18.2 Å². The van der Waals surface area contributed by atoms with E-state index in [1.54, 1.807) is 11.1 Å². The number of piperidine rings is 1. The van der Waals surface area contributed by atoms with Crippen molar-refractivity contribution in [2.45, 2.75) is 30.2 Å². The van der Waals surface area contributed by atoms with Gasteiger partial charge in [0.1, 0.15) is 6.04 Å². The van der Waals surface area contributed by atoms with E-state index in [4.69, 9.17) is 11.1 Å². The predicted octanol–water partition coefficient (Wildman–Crippen LogP) is 1.57. The van der Waals surface area contributed by atoms with Crippen molar-refractivity contribution in [3.05, 3.63) is 65.9 Å². The lowest BCUT2D eigenvalue weighted by Crippen LogP contribution is -2.51. The highest BCUT2D eigenvalue weighted by molar-refractivity contribution is 7.89. The number of benzene rings is 2. The highest BCUT2D eigenvalue weighted by Crippen LogP contribution is 2.21. The van der Waals surface area contributed by atoms with E-state index in [9.17, 15) is 18.0 Å². The first-order valence-corrected chi connectivity index (χ1v) is 13.8. The van der Waals surface area contributed by atoms with Gasteiger partial charge in [0, 0.05) is 36.7 Å². The average molecular weight is 541 g/mol. The van der Waals surface area contributed by atoms with Crippen molar-refractivity contribution >= 4 is 38.8 Å². The van der Waals surface area contributed by atoms with Gasteiger partial charge in [-0.3, -0.25) is 10.2 Å². The number of amides is 1. The summed E-state index contributed by atoms with van der Waals surface area (Å²) in [7, 11) is -2.86. The number of carbonyl (C=O) groups excluding carboxylic acids is 2. The van der Waals surface area contributed by atoms with Gasteiger partial charge in [-0.05, 0) is 61.1 Å². The van der Waals surface area contributed by atoms with Crippen LogP contribution in [0.2, 0.25) is 0 Å². The molecule has 38 heavy (non-hydrogen) atoms. The Balaban J connectivity index is 1.53. The third kappa shape index (κ3) is 6.32. The van der Waals surface area contributed by atoms with Crippen molar-refractivity contribution in [2.24, 2.45) is 11.7 Å². The molecule has 202 valence electrons. The standard InChI is InChI=1S/C26H32N6O5S/c1-37-25(34)18-8-10-20(11-9-18)38(35,36)31-23(13-19-15-29-22-7-3-2-6-21(19)22)24(33)30-14-17-5-4-12-32(16-17)26(27)28/h2-3,6-11,15,17,23,29,31H,4-5,12-14,16H2,1H3,(H3,27,28)(H,30,33)/t17?,23-/m1/s1. The van der Waals surface area contributed by atoms with Crippen molar-refractivity contribution in [1.82, 2.24) is 19.9 Å². The van der Waals surface area contributed by atoms with Crippen LogP contribution in [0.15, 0.2) is 59.6 Å². The van der Waals surface area contributed by atoms with Crippen LogP contribution < -0.4 is 15.8 Å². The van der Waals surface area contributed by atoms with Crippen molar-refractivity contribution < 1.29 is 22.7 Å². The van der Waals surface area contributed by atoms with Gasteiger partial charge in [0.05, 0.1) is 17.6 Å². The minimum atomic E-state index is -4.10. The third-order valence-corrected chi connectivity index (χ3v) is 8.21.